The van der Waals surface area contributed by atoms with Crippen molar-refractivity contribution in [3.05, 3.63) is 0 Å². The zero-order valence-corrected chi connectivity index (χ0v) is 23.0. The Morgan fingerprint density at radius 3 is 1.82 bits per heavy atom. The third-order valence-corrected chi connectivity index (χ3v) is 23.3. The molecule has 166 valence electrons. The van der Waals surface area contributed by atoms with E-state index in [2.05, 4.69) is 44.4 Å². The molecule has 0 spiro atoms. The average Bonchev–Trinajstić information content (AvgIpc) is 3.06. The van der Waals surface area contributed by atoms with Crippen LogP contribution in [0.2, 0.25) is 13.3 Å². The van der Waals surface area contributed by atoms with Gasteiger partial charge in [0.15, 0.2) is 0 Å². The molecule has 0 saturated carbocycles. The van der Waals surface area contributed by atoms with Gasteiger partial charge in [0.2, 0.25) is 0 Å². The molecule has 0 N–H and O–H groups in total. The van der Waals surface area contributed by atoms with Crippen molar-refractivity contribution in [3.8, 4) is 0 Å². The van der Waals surface area contributed by atoms with E-state index in [0.29, 0.717) is 10.1 Å². The van der Waals surface area contributed by atoms with Crippen LogP contribution in [0.3, 0.4) is 0 Å². The van der Waals surface area contributed by atoms with Crippen molar-refractivity contribution in [2.24, 2.45) is 0 Å². The number of unbranched alkanes of at least 4 members (excludes halogenated alkanes) is 3. The van der Waals surface area contributed by atoms with Crippen LogP contribution in [0.4, 0.5) is 4.79 Å². The minimum absolute atomic E-state index is 0.0776. The van der Waals surface area contributed by atoms with E-state index >= 15 is 0 Å². The van der Waals surface area contributed by atoms with Crippen LogP contribution in [0.5, 0.6) is 0 Å². The summed E-state index contributed by atoms with van der Waals surface area (Å²) in [5, 5.41) is 0. The van der Waals surface area contributed by atoms with Crippen LogP contribution < -0.4 is 0 Å². The van der Waals surface area contributed by atoms with Crippen molar-refractivity contribution in [2.45, 2.75) is 123 Å². The minimum atomic E-state index is -2.57. The van der Waals surface area contributed by atoms with Gasteiger partial charge in [-0.25, -0.2) is 0 Å². The summed E-state index contributed by atoms with van der Waals surface area (Å²) >= 11 is -2.57. The molecule has 1 aliphatic heterocycles. The zero-order valence-electron chi connectivity index (χ0n) is 20.1. The molecule has 4 nitrogen and oxygen atoms in total. The maximum atomic E-state index is 13.2. The van der Waals surface area contributed by atoms with Crippen molar-refractivity contribution in [3.63, 3.8) is 0 Å². The molecule has 28 heavy (non-hydrogen) atoms. The monoisotopic (exact) mass is 504 g/mol. The van der Waals surface area contributed by atoms with Gasteiger partial charge in [-0.1, -0.05) is 0 Å². The van der Waals surface area contributed by atoms with Gasteiger partial charge in [-0.15, -0.1) is 0 Å². The van der Waals surface area contributed by atoms with Gasteiger partial charge in [0.1, 0.15) is 0 Å². The molecule has 1 rings (SSSR count). The second-order valence-corrected chi connectivity index (χ2v) is 24.1. The van der Waals surface area contributed by atoms with Crippen LogP contribution in [0, 0.1) is 0 Å². The van der Waals surface area contributed by atoms with Crippen molar-refractivity contribution in [2.75, 3.05) is 13.2 Å². The molecule has 0 aromatic heterocycles. The van der Waals surface area contributed by atoms with Gasteiger partial charge in [-0.05, 0) is 0 Å². The molecule has 0 aliphatic carbocycles. The molecule has 1 fully saturated rings. The average molecular weight is 503 g/mol. The number of ether oxygens (including phenoxy) is 1. The molecule has 1 atom stereocenters. The predicted octanol–water partition coefficient (Wildman–Crippen LogP) is 6.66. The molecule has 1 aliphatic rings. The first kappa shape index (κ1) is 26.1. The van der Waals surface area contributed by atoms with E-state index in [1.165, 1.54) is 51.8 Å². The Balaban J connectivity index is 3.25. The fraction of sp³-hybridized carbons (Fsp3) is 0.957. The van der Waals surface area contributed by atoms with Gasteiger partial charge in [-0.3, -0.25) is 0 Å². The Hall–Kier alpha value is 0.0287. The maximum absolute atomic E-state index is 13.2. The van der Waals surface area contributed by atoms with Crippen LogP contribution in [0.1, 0.15) is 93.9 Å². The second kappa shape index (κ2) is 12.0. The number of hydrogen-bond acceptors (Lipinski definition) is 3. The standard InChI is InChI=1S/C11H21N2O2.3C4H9.Sn/c1-9(2)12-6-7-13(8-12)10(14)15-11(3,4)5;3*1-3-4-2;/h7,9H,6,8H2,1-5H3;3*1,3-4H2,2H3;. The van der Waals surface area contributed by atoms with Crippen molar-refractivity contribution < 1.29 is 9.53 Å². The molecule has 0 bridgehead atoms. The summed E-state index contributed by atoms with van der Waals surface area (Å²) in [4.78, 5) is 17.9. The van der Waals surface area contributed by atoms with Crippen LogP contribution in [-0.2, 0) is 4.74 Å². The van der Waals surface area contributed by atoms with Crippen LogP contribution >= 0.6 is 0 Å². The summed E-state index contributed by atoms with van der Waals surface area (Å²) in [5.74, 6) is 0. The van der Waals surface area contributed by atoms with E-state index in [4.69, 9.17) is 4.74 Å². The Kier molecular flexibility index (Phi) is 11.2. The fourth-order valence-corrected chi connectivity index (χ4v) is 22.8. The molecule has 1 saturated heterocycles. The van der Waals surface area contributed by atoms with E-state index in [1.54, 1.807) is 0 Å². The van der Waals surface area contributed by atoms with Crippen molar-refractivity contribution in [1.82, 2.24) is 9.80 Å². The molecule has 1 heterocycles. The van der Waals surface area contributed by atoms with Gasteiger partial charge in [-0.2, -0.15) is 0 Å². The molecule has 0 aromatic rings. The van der Waals surface area contributed by atoms with Gasteiger partial charge < -0.3 is 0 Å². The Labute approximate surface area is 179 Å². The molecule has 0 unspecified atom stereocenters. The van der Waals surface area contributed by atoms with Gasteiger partial charge >= 0.3 is 180 Å². The van der Waals surface area contributed by atoms with Crippen LogP contribution in [0.25, 0.3) is 0 Å². The number of rotatable bonds is 11. The number of carbonyl (C=O) groups excluding carboxylic acids is 1. The van der Waals surface area contributed by atoms with E-state index < -0.39 is 24.0 Å². The zero-order chi connectivity index (χ0) is 21.4. The fourth-order valence-electron chi connectivity index (χ4n) is 4.54. The first-order valence-corrected chi connectivity index (χ1v) is 19.5. The van der Waals surface area contributed by atoms with E-state index in [9.17, 15) is 4.79 Å². The third-order valence-electron chi connectivity index (χ3n) is 6.27. The summed E-state index contributed by atoms with van der Waals surface area (Å²) in [6.45, 7) is 19.2. The summed E-state index contributed by atoms with van der Waals surface area (Å²) in [6, 6.07) is 0.474. The van der Waals surface area contributed by atoms with Gasteiger partial charge in [0.05, 0.1) is 0 Å². The third kappa shape index (κ3) is 7.70. The SMILES string of the molecule is CCC[CH2][Sn]([CH2]CCC)([CH2]CCC)[C@H]1CN(C(C)C)CN1C(=O)OC(C)(C)C. The normalized spacial score (nSPS) is 18.9. The van der Waals surface area contributed by atoms with Crippen LogP contribution in [-0.4, -0.2) is 63.2 Å². The molecular weight excluding hydrogens is 455 g/mol. The molecule has 0 aromatic carbocycles. The molecule has 5 heteroatoms. The van der Waals surface area contributed by atoms with Gasteiger partial charge in [0.25, 0.3) is 0 Å². The summed E-state index contributed by atoms with van der Waals surface area (Å²) in [5.41, 5.74) is -0.429. The Bertz CT molecular complexity index is 440. The number of hydrogen-bond donors (Lipinski definition) is 0. The summed E-state index contributed by atoms with van der Waals surface area (Å²) < 4.78 is 10.6. The van der Waals surface area contributed by atoms with Crippen LogP contribution in [0.15, 0.2) is 0 Å². The molecule has 0 radical (unpaired) electrons. The van der Waals surface area contributed by atoms with E-state index in [0.717, 1.165) is 13.2 Å². The summed E-state index contributed by atoms with van der Waals surface area (Å²) in [6.07, 6.45) is 7.74. The number of amides is 1. The summed E-state index contributed by atoms with van der Waals surface area (Å²) in [7, 11) is 0. The van der Waals surface area contributed by atoms with Crippen molar-refractivity contribution in [1.29, 1.82) is 0 Å². The number of carbonyl (C=O) groups is 1. The predicted molar refractivity (Wildman–Crippen MR) is 123 cm³/mol. The topological polar surface area (TPSA) is 32.8 Å². The molecular formula is C23H48N2O2Sn. The first-order chi connectivity index (χ1) is 13.1. The first-order valence-electron chi connectivity index (χ1n) is 11.8. The Morgan fingerprint density at radius 2 is 1.46 bits per heavy atom. The van der Waals surface area contributed by atoms with Gasteiger partial charge in [0, 0.05) is 0 Å². The van der Waals surface area contributed by atoms with E-state index in [1.807, 2.05) is 20.8 Å². The van der Waals surface area contributed by atoms with Crippen molar-refractivity contribution >= 4 is 24.5 Å². The van der Waals surface area contributed by atoms with E-state index in [-0.39, 0.29) is 6.09 Å². The quantitative estimate of drug-likeness (QED) is 0.296. The second-order valence-electron chi connectivity index (χ2n) is 10.1. The number of nitrogens with zero attached hydrogens (tertiary/aromatic N) is 2. The Morgan fingerprint density at radius 1 is 1.00 bits per heavy atom. The molecule has 1 amide bonds.